The molecule has 0 saturated heterocycles. The van der Waals surface area contributed by atoms with Gasteiger partial charge >= 0.3 is 0 Å². The van der Waals surface area contributed by atoms with Crippen LogP contribution in [0.4, 0.5) is 5.69 Å². The van der Waals surface area contributed by atoms with Gasteiger partial charge in [0.2, 0.25) is 5.89 Å². The van der Waals surface area contributed by atoms with Gasteiger partial charge in [0.1, 0.15) is 11.1 Å². The molecule has 0 aliphatic carbocycles. The fourth-order valence-electron chi connectivity index (χ4n) is 3.46. The summed E-state index contributed by atoms with van der Waals surface area (Å²) in [7, 11) is 0. The number of amides is 1. The number of rotatable bonds is 3. The highest BCUT2D eigenvalue weighted by Crippen LogP contribution is 2.28. The molecule has 0 radical (unpaired) electrons. The molecule has 0 unspecified atom stereocenters. The summed E-state index contributed by atoms with van der Waals surface area (Å²) in [5.74, 6) is 0.301. The Morgan fingerprint density at radius 2 is 1.78 bits per heavy atom. The van der Waals surface area contributed by atoms with E-state index in [0.29, 0.717) is 11.5 Å². The summed E-state index contributed by atoms with van der Waals surface area (Å²) in [4.78, 5) is 17.2. The average Bonchev–Trinajstić information content (AvgIpc) is 3.39. The monoisotopic (exact) mass is 441 g/mol. The SMILES string of the molecule is Cc1ccc2oc(-c3ccc(C)c(NC(=S)NC(=O)c4cc5ccccc5o4)c3)nc2c1. The number of carbonyl (C=O) groups excluding carboxylic acids is 1. The first-order valence-corrected chi connectivity index (χ1v) is 10.5. The molecule has 0 aliphatic rings. The zero-order chi connectivity index (χ0) is 22.2. The molecule has 0 spiro atoms. The van der Waals surface area contributed by atoms with Crippen LogP contribution in [-0.4, -0.2) is 16.0 Å². The van der Waals surface area contributed by atoms with E-state index < -0.39 is 5.91 Å². The van der Waals surface area contributed by atoms with Crippen molar-refractivity contribution < 1.29 is 13.6 Å². The van der Waals surface area contributed by atoms with Crippen molar-refractivity contribution in [3.8, 4) is 11.5 Å². The minimum Gasteiger partial charge on any atom is -0.451 e. The summed E-state index contributed by atoms with van der Waals surface area (Å²) in [6, 6.07) is 20.8. The van der Waals surface area contributed by atoms with Crippen molar-refractivity contribution in [2.45, 2.75) is 13.8 Å². The normalized spacial score (nSPS) is 11.1. The number of furan rings is 1. The van der Waals surface area contributed by atoms with Gasteiger partial charge in [-0.05, 0) is 73.6 Å². The first-order chi connectivity index (χ1) is 15.5. The van der Waals surface area contributed by atoms with Gasteiger partial charge in [0, 0.05) is 16.6 Å². The highest BCUT2D eigenvalue weighted by atomic mass is 32.1. The minimum absolute atomic E-state index is 0.170. The summed E-state index contributed by atoms with van der Waals surface area (Å²) in [5, 5.41) is 6.78. The maximum atomic E-state index is 12.6. The standard InChI is InChI=1S/C25H19N3O3S/c1-14-7-10-21-19(11-14)26-24(31-21)17-9-8-15(2)18(12-17)27-25(32)28-23(29)22-13-16-5-3-4-6-20(16)30-22/h3-13H,1-2H3,(H2,27,28,29,32). The van der Waals surface area contributed by atoms with Gasteiger partial charge in [-0.25, -0.2) is 4.98 Å². The quantitative estimate of drug-likeness (QED) is 0.335. The molecule has 32 heavy (non-hydrogen) atoms. The highest BCUT2D eigenvalue weighted by molar-refractivity contribution is 7.80. The Bertz CT molecular complexity index is 1470. The van der Waals surface area contributed by atoms with Crippen LogP contribution in [0.2, 0.25) is 0 Å². The van der Waals surface area contributed by atoms with Crippen LogP contribution >= 0.6 is 12.2 Å². The van der Waals surface area contributed by atoms with E-state index in [2.05, 4.69) is 15.6 Å². The molecular weight excluding hydrogens is 422 g/mol. The summed E-state index contributed by atoms with van der Waals surface area (Å²) in [6.45, 7) is 3.97. The number of nitrogens with zero attached hydrogens (tertiary/aromatic N) is 1. The topological polar surface area (TPSA) is 80.3 Å². The van der Waals surface area contributed by atoms with Crippen molar-refractivity contribution in [3.05, 3.63) is 83.6 Å². The molecular formula is C25H19N3O3S. The van der Waals surface area contributed by atoms with Gasteiger partial charge in [0.15, 0.2) is 16.5 Å². The smallest absolute Gasteiger partial charge is 0.293 e. The second-order valence-electron chi connectivity index (χ2n) is 7.58. The third-order valence-electron chi connectivity index (χ3n) is 5.15. The summed E-state index contributed by atoms with van der Waals surface area (Å²) in [6.07, 6.45) is 0. The Hall–Kier alpha value is -3.97. The molecule has 7 heteroatoms. The number of nitrogens with one attached hydrogen (secondary N) is 2. The molecule has 2 heterocycles. The molecule has 5 rings (SSSR count). The molecule has 0 fully saturated rings. The van der Waals surface area contributed by atoms with Gasteiger partial charge in [-0.15, -0.1) is 0 Å². The third-order valence-corrected chi connectivity index (χ3v) is 5.36. The Morgan fingerprint density at radius 1 is 0.938 bits per heavy atom. The number of fused-ring (bicyclic) bond motifs is 2. The number of benzene rings is 3. The number of para-hydroxylation sites is 1. The van der Waals surface area contributed by atoms with Crippen LogP contribution in [0.15, 0.2) is 75.6 Å². The Labute approximate surface area is 189 Å². The number of thiocarbonyl (C=S) groups is 1. The first-order valence-electron chi connectivity index (χ1n) is 10.1. The summed E-state index contributed by atoms with van der Waals surface area (Å²) >= 11 is 5.36. The lowest BCUT2D eigenvalue weighted by atomic mass is 10.1. The van der Waals surface area contributed by atoms with Crippen molar-refractivity contribution in [2.24, 2.45) is 0 Å². The molecule has 0 bridgehead atoms. The summed E-state index contributed by atoms with van der Waals surface area (Å²) in [5.41, 5.74) is 5.82. The van der Waals surface area contributed by atoms with Crippen LogP contribution in [0.25, 0.3) is 33.5 Å². The molecule has 5 aromatic rings. The van der Waals surface area contributed by atoms with Crippen molar-refractivity contribution in [1.29, 1.82) is 0 Å². The van der Waals surface area contributed by atoms with E-state index in [9.17, 15) is 4.79 Å². The molecule has 0 atom stereocenters. The Balaban J connectivity index is 1.35. The van der Waals surface area contributed by atoms with Gasteiger partial charge in [-0.3, -0.25) is 10.1 Å². The van der Waals surface area contributed by atoms with Crippen molar-refractivity contribution in [3.63, 3.8) is 0 Å². The first kappa shape index (κ1) is 20.0. The van der Waals surface area contributed by atoms with E-state index in [1.165, 1.54) is 0 Å². The fraction of sp³-hybridized carbons (Fsp3) is 0.0800. The molecule has 0 aliphatic heterocycles. The van der Waals surface area contributed by atoms with Gasteiger partial charge < -0.3 is 14.2 Å². The number of hydrogen-bond acceptors (Lipinski definition) is 5. The highest BCUT2D eigenvalue weighted by Gasteiger charge is 2.15. The zero-order valence-corrected chi connectivity index (χ0v) is 18.2. The summed E-state index contributed by atoms with van der Waals surface area (Å²) < 4.78 is 11.5. The lowest BCUT2D eigenvalue weighted by Crippen LogP contribution is -2.34. The third kappa shape index (κ3) is 3.86. The van der Waals surface area contributed by atoms with E-state index in [4.69, 9.17) is 21.1 Å². The van der Waals surface area contributed by atoms with Crippen molar-refractivity contribution >= 4 is 51.0 Å². The van der Waals surface area contributed by atoms with Crippen LogP contribution in [0, 0.1) is 13.8 Å². The van der Waals surface area contributed by atoms with E-state index in [1.54, 1.807) is 6.07 Å². The van der Waals surface area contributed by atoms with E-state index in [-0.39, 0.29) is 10.9 Å². The van der Waals surface area contributed by atoms with Crippen molar-refractivity contribution in [2.75, 3.05) is 5.32 Å². The largest absolute Gasteiger partial charge is 0.451 e. The molecule has 3 aromatic carbocycles. The van der Waals surface area contributed by atoms with Gasteiger partial charge in [0.05, 0.1) is 0 Å². The average molecular weight is 442 g/mol. The van der Waals surface area contributed by atoms with Gasteiger partial charge in [-0.2, -0.15) is 0 Å². The predicted molar refractivity (Wildman–Crippen MR) is 129 cm³/mol. The van der Waals surface area contributed by atoms with Crippen LogP contribution < -0.4 is 10.6 Å². The lowest BCUT2D eigenvalue weighted by Gasteiger charge is -2.12. The lowest BCUT2D eigenvalue weighted by molar-refractivity contribution is 0.0953. The second kappa shape index (κ2) is 7.94. The van der Waals surface area contributed by atoms with Crippen LogP contribution in [0.1, 0.15) is 21.7 Å². The minimum atomic E-state index is -0.415. The Morgan fingerprint density at radius 3 is 2.62 bits per heavy atom. The van der Waals surface area contributed by atoms with E-state index >= 15 is 0 Å². The maximum absolute atomic E-state index is 12.6. The van der Waals surface area contributed by atoms with Crippen LogP contribution in [0.3, 0.4) is 0 Å². The number of anilines is 1. The number of oxazole rings is 1. The van der Waals surface area contributed by atoms with Gasteiger partial charge in [-0.1, -0.05) is 30.3 Å². The molecule has 2 aromatic heterocycles. The molecule has 158 valence electrons. The van der Waals surface area contributed by atoms with Crippen molar-refractivity contribution in [1.82, 2.24) is 10.3 Å². The Kier molecular flexibility index (Phi) is 4.95. The number of hydrogen-bond donors (Lipinski definition) is 2. The second-order valence-corrected chi connectivity index (χ2v) is 7.98. The maximum Gasteiger partial charge on any atom is 0.293 e. The molecule has 0 saturated carbocycles. The number of aromatic nitrogens is 1. The zero-order valence-electron chi connectivity index (χ0n) is 17.4. The molecule has 6 nitrogen and oxygen atoms in total. The molecule has 1 amide bonds. The van der Waals surface area contributed by atoms with E-state index in [1.807, 2.05) is 74.5 Å². The predicted octanol–water partition coefficient (Wildman–Crippen LogP) is 5.98. The van der Waals surface area contributed by atoms with Crippen LogP contribution in [-0.2, 0) is 0 Å². The fourth-order valence-corrected chi connectivity index (χ4v) is 3.67. The van der Waals surface area contributed by atoms with E-state index in [0.717, 1.165) is 38.9 Å². The number of aryl methyl sites for hydroxylation is 2. The van der Waals surface area contributed by atoms with Crippen LogP contribution in [0.5, 0.6) is 0 Å². The van der Waals surface area contributed by atoms with Gasteiger partial charge in [0.25, 0.3) is 5.91 Å². The molecule has 2 N–H and O–H groups in total. The number of carbonyl (C=O) groups is 1.